The number of methoxy groups -OCH3 is 1. The smallest absolute Gasteiger partial charge is 0.262 e. The zero-order chi connectivity index (χ0) is 39.3. The van der Waals surface area contributed by atoms with E-state index in [4.69, 9.17) is 23.9 Å². The summed E-state index contributed by atoms with van der Waals surface area (Å²) in [5, 5.41) is 3.29. The molecule has 1 atom stereocenters. The van der Waals surface area contributed by atoms with Gasteiger partial charge in [-0.25, -0.2) is 4.98 Å². The van der Waals surface area contributed by atoms with Gasteiger partial charge in [-0.2, -0.15) is 0 Å². The molecule has 1 saturated carbocycles. The first kappa shape index (κ1) is 38.5. The van der Waals surface area contributed by atoms with Gasteiger partial charge in [0.05, 0.1) is 42.6 Å². The third kappa shape index (κ3) is 9.10. The molecule has 3 aliphatic heterocycles. The van der Waals surface area contributed by atoms with Gasteiger partial charge in [-0.1, -0.05) is 6.07 Å². The minimum Gasteiger partial charge on any atom is -0.494 e. The number of nitrogens with zero attached hydrogens (tertiary/aromatic N) is 4. The summed E-state index contributed by atoms with van der Waals surface area (Å²) < 4.78 is 23.9. The van der Waals surface area contributed by atoms with Gasteiger partial charge in [0.1, 0.15) is 23.6 Å². The Morgan fingerprint density at radius 2 is 1.61 bits per heavy atom. The normalized spacial score (nSPS) is 21.4. The Hall–Kier alpha value is -5.40. The Bertz CT molecular complexity index is 2130. The molecule has 8 rings (SSSR count). The fourth-order valence-corrected chi connectivity index (χ4v) is 8.15. The summed E-state index contributed by atoms with van der Waals surface area (Å²) >= 11 is 0. The SMILES string of the molecule is COc1cc(CCc2ccc3cc(OC4CC(OC5CCN(CCCCCOc6ccc7c(c6)C(=O)N(C6CCC(=O)NC6=O)C7=O)CC5)C4)ccc3n2)ccn1. The molecule has 0 radical (unpaired) electrons. The monoisotopic (exact) mass is 775 g/mol. The number of aromatic nitrogens is 2. The highest BCUT2D eigenvalue weighted by Crippen LogP contribution is 2.33. The predicted molar refractivity (Wildman–Crippen MR) is 210 cm³/mol. The van der Waals surface area contributed by atoms with Gasteiger partial charge in [-0.3, -0.25) is 34.4 Å². The van der Waals surface area contributed by atoms with Crippen molar-refractivity contribution in [3.63, 3.8) is 0 Å². The molecule has 4 amide bonds. The molecule has 2 aromatic carbocycles. The minimum absolute atomic E-state index is 0.0876. The number of carbonyl (C=O) groups excluding carboxylic acids is 4. The summed E-state index contributed by atoms with van der Waals surface area (Å²) in [7, 11) is 1.63. The summed E-state index contributed by atoms with van der Waals surface area (Å²) in [6.45, 7) is 3.62. The van der Waals surface area contributed by atoms with Crippen molar-refractivity contribution >= 4 is 34.5 Å². The number of imide groups is 2. The van der Waals surface area contributed by atoms with E-state index in [1.54, 1.807) is 31.5 Å². The number of aryl methyl sites for hydroxylation is 2. The molecule has 4 aromatic rings. The number of carbonyl (C=O) groups is 4. The Labute approximate surface area is 332 Å². The largest absolute Gasteiger partial charge is 0.494 e. The molecule has 5 heterocycles. The van der Waals surface area contributed by atoms with Gasteiger partial charge in [0.15, 0.2) is 0 Å². The molecule has 0 spiro atoms. The van der Waals surface area contributed by atoms with Crippen LogP contribution in [0.25, 0.3) is 10.9 Å². The van der Waals surface area contributed by atoms with E-state index < -0.39 is 29.7 Å². The van der Waals surface area contributed by atoms with Gasteiger partial charge in [0.2, 0.25) is 17.7 Å². The third-order valence-corrected chi connectivity index (χ3v) is 11.5. The van der Waals surface area contributed by atoms with Crippen LogP contribution >= 0.6 is 0 Å². The summed E-state index contributed by atoms with van der Waals surface area (Å²) in [5.74, 6) is -0.0439. The van der Waals surface area contributed by atoms with E-state index in [2.05, 4.69) is 33.4 Å². The van der Waals surface area contributed by atoms with Crippen LogP contribution in [0.3, 0.4) is 0 Å². The topological polar surface area (TPSA) is 149 Å². The number of unbranched alkanes of at least 4 members (excludes halogenated alkanes) is 2. The van der Waals surface area contributed by atoms with Crippen LogP contribution in [0, 0.1) is 0 Å². The lowest BCUT2D eigenvalue weighted by Crippen LogP contribution is -2.54. The van der Waals surface area contributed by atoms with Gasteiger partial charge in [-0.05, 0) is 112 Å². The van der Waals surface area contributed by atoms with E-state index in [0.717, 1.165) is 105 Å². The van der Waals surface area contributed by atoms with Gasteiger partial charge in [-0.15, -0.1) is 0 Å². The zero-order valence-electron chi connectivity index (χ0n) is 32.3. The van der Waals surface area contributed by atoms with E-state index in [1.807, 2.05) is 24.3 Å². The van der Waals surface area contributed by atoms with Crippen molar-refractivity contribution in [3.05, 3.63) is 89.2 Å². The van der Waals surface area contributed by atoms with Gasteiger partial charge >= 0.3 is 0 Å². The lowest BCUT2D eigenvalue weighted by atomic mass is 9.91. The number of likely N-dealkylation sites (tertiary alicyclic amines) is 1. The molecule has 1 N–H and O–H groups in total. The van der Waals surface area contributed by atoms with Gasteiger partial charge in [0.25, 0.3) is 11.8 Å². The second-order valence-electron chi connectivity index (χ2n) is 15.4. The lowest BCUT2D eigenvalue weighted by molar-refractivity contribution is -0.136. The Balaban J connectivity index is 0.686. The Morgan fingerprint density at radius 3 is 2.44 bits per heavy atom. The maximum atomic E-state index is 13.1. The molecular weight excluding hydrogens is 727 g/mol. The van der Waals surface area contributed by atoms with Gasteiger partial charge in [0, 0.05) is 55.7 Å². The van der Waals surface area contributed by atoms with Crippen LogP contribution in [-0.4, -0.2) is 101 Å². The Kier molecular flexibility index (Phi) is 11.7. The summed E-state index contributed by atoms with van der Waals surface area (Å²) in [6.07, 6.45) is 11.3. The minimum atomic E-state index is -0.980. The molecule has 4 aliphatic rings. The molecular formula is C44H49N5O8. The number of rotatable bonds is 16. The predicted octanol–water partition coefficient (Wildman–Crippen LogP) is 5.46. The van der Waals surface area contributed by atoms with Crippen molar-refractivity contribution in [2.75, 3.05) is 33.4 Å². The fraction of sp³-hybridized carbons (Fsp3) is 0.455. The summed E-state index contributed by atoms with van der Waals surface area (Å²) in [5.41, 5.74) is 3.67. The van der Waals surface area contributed by atoms with E-state index in [0.29, 0.717) is 24.3 Å². The van der Waals surface area contributed by atoms with Crippen molar-refractivity contribution in [1.82, 2.24) is 25.1 Å². The van der Waals surface area contributed by atoms with E-state index >= 15 is 0 Å². The van der Waals surface area contributed by atoms with Crippen LogP contribution in [0.15, 0.2) is 66.9 Å². The number of nitrogens with one attached hydrogen (secondary N) is 1. The van der Waals surface area contributed by atoms with Crippen LogP contribution in [0.4, 0.5) is 0 Å². The highest BCUT2D eigenvalue weighted by atomic mass is 16.5. The zero-order valence-corrected chi connectivity index (χ0v) is 32.3. The molecule has 13 heteroatoms. The van der Waals surface area contributed by atoms with E-state index in [-0.39, 0.29) is 36.2 Å². The van der Waals surface area contributed by atoms with Crippen LogP contribution in [0.5, 0.6) is 17.4 Å². The first-order valence-electron chi connectivity index (χ1n) is 20.2. The quantitative estimate of drug-likeness (QED) is 0.114. The standard InChI is InChI=1S/C44H49N5O8/c1-54-41-23-28(15-18-45-41)5-7-30-8-6-29-24-33(10-12-38(29)46-30)57-35-25-34(26-35)56-31-16-20-48(21-17-31)19-3-2-4-22-55-32-9-11-36-37(27-32)44(53)49(43(36)52)39-13-14-40(50)47-42(39)51/h6,8-12,15,18,23-24,27,31,34-35,39H,2-5,7,13-14,16-17,19-22,25-26H2,1H3,(H,47,50,51). The van der Waals surface area contributed by atoms with Crippen LogP contribution in [-0.2, 0) is 27.2 Å². The molecule has 2 saturated heterocycles. The third-order valence-electron chi connectivity index (χ3n) is 11.5. The van der Waals surface area contributed by atoms with Crippen molar-refractivity contribution in [3.8, 4) is 17.4 Å². The number of benzene rings is 2. The fourth-order valence-electron chi connectivity index (χ4n) is 8.15. The Morgan fingerprint density at radius 1 is 0.789 bits per heavy atom. The molecule has 2 aromatic heterocycles. The maximum Gasteiger partial charge on any atom is 0.262 e. The molecule has 57 heavy (non-hydrogen) atoms. The highest BCUT2D eigenvalue weighted by molar-refractivity contribution is 6.23. The number of ether oxygens (including phenoxy) is 4. The van der Waals surface area contributed by atoms with Crippen LogP contribution < -0.4 is 19.5 Å². The first-order chi connectivity index (χ1) is 27.8. The van der Waals surface area contributed by atoms with Crippen molar-refractivity contribution < 1.29 is 38.1 Å². The highest BCUT2D eigenvalue weighted by Gasteiger charge is 2.44. The number of hydrogen-bond donors (Lipinski definition) is 1. The van der Waals surface area contributed by atoms with Gasteiger partial charge < -0.3 is 23.8 Å². The molecule has 1 aliphatic carbocycles. The maximum absolute atomic E-state index is 13.1. The average Bonchev–Trinajstić information content (AvgIpc) is 3.45. The second kappa shape index (κ2) is 17.4. The lowest BCUT2D eigenvalue weighted by Gasteiger charge is -2.40. The number of fused-ring (bicyclic) bond motifs is 2. The average molecular weight is 776 g/mol. The van der Waals surface area contributed by atoms with Crippen LogP contribution in [0.1, 0.15) is 89.8 Å². The number of hydrogen-bond acceptors (Lipinski definition) is 11. The van der Waals surface area contributed by atoms with Crippen LogP contribution in [0.2, 0.25) is 0 Å². The molecule has 1 unspecified atom stereocenters. The number of amides is 4. The molecule has 13 nitrogen and oxygen atoms in total. The van der Waals surface area contributed by atoms with Crippen molar-refractivity contribution in [2.45, 2.75) is 95.0 Å². The van der Waals surface area contributed by atoms with Crippen molar-refractivity contribution in [1.29, 1.82) is 0 Å². The second-order valence-corrected chi connectivity index (χ2v) is 15.4. The molecule has 3 fully saturated rings. The molecule has 0 bridgehead atoms. The first-order valence-corrected chi connectivity index (χ1v) is 20.2. The number of piperidine rings is 2. The van der Waals surface area contributed by atoms with E-state index in [1.165, 1.54) is 5.56 Å². The summed E-state index contributed by atoms with van der Waals surface area (Å²) in [4.78, 5) is 62.4. The van der Waals surface area contributed by atoms with Crippen molar-refractivity contribution in [2.24, 2.45) is 0 Å². The summed E-state index contributed by atoms with van der Waals surface area (Å²) in [6, 6.07) is 18.2. The van der Waals surface area contributed by atoms with E-state index in [9.17, 15) is 19.2 Å². The number of pyridine rings is 2. The molecule has 298 valence electrons.